The fourth-order valence-electron chi connectivity index (χ4n) is 4.45. The predicted octanol–water partition coefficient (Wildman–Crippen LogP) is 2.76. The van der Waals surface area contributed by atoms with Gasteiger partial charge in [-0.15, -0.1) is 0 Å². The Morgan fingerprint density at radius 2 is 1.87 bits per heavy atom. The number of thiazole rings is 1. The third kappa shape index (κ3) is 7.02. The molecule has 1 aromatic heterocycles. The Morgan fingerprint density at radius 3 is 2.51 bits per heavy atom. The van der Waals surface area contributed by atoms with Gasteiger partial charge in [-0.1, -0.05) is 28.6 Å². The van der Waals surface area contributed by atoms with E-state index in [9.17, 15) is 18.0 Å². The number of oxime groups is 1. The number of amides is 2. The van der Waals surface area contributed by atoms with Crippen LogP contribution in [-0.4, -0.2) is 79.6 Å². The monoisotopic (exact) mass is 576 g/mol. The van der Waals surface area contributed by atoms with E-state index >= 15 is 0 Å². The van der Waals surface area contributed by atoms with Crippen molar-refractivity contribution in [1.82, 2.24) is 9.88 Å². The van der Waals surface area contributed by atoms with Gasteiger partial charge in [-0.25, -0.2) is 13.4 Å². The van der Waals surface area contributed by atoms with Gasteiger partial charge in [0, 0.05) is 38.2 Å². The van der Waals surface area contributed by atoms with Gasteiger partial charge in [0.1, 0.15) is 0 Å². The molecule has 0 spiro atoms. The fourth-order valence-corrected chi connectivity index (χ4v) is 6.83. The van der Waals surface area contributed by atoms with Crippen molar-refractivity contribution >= 4 is 43.8 Å². The molecule has 1 atom stereocenters. The number of ether oxygens (including phenoxy) is 2. The maximum Gasteiger partial charge on any atom is 0.280 e. The van der Waals surface area contributed by atoms with Crippen molar-refractivity contribution in [1.29, 1.82) is 0 Å². The summed E-state index contributed by atoms with van der Waals surface area (Å²) in [6.45, 7) is 4.27. The topological polar surface area (TPSA) is 136 Å². The largest absolute Gasteiger partial charge is 0.389 e. The molecule has 2 amide bonds. The molecule has 5 rings (SSSR count). The van der Waals surface area contributed by atoms with E-state index in [2.05, 4.69) is 15.5 Å². The lowest BCUT2D eigenvalue weighted by molar-refractivity contribution is -0.131. The molecule has 3 fully saturated rings. The molecule has 0 bridgehead atoms. The van der Waals surface area contributed by atoms with E-state index in [1.165, 1.54) is 23.5 Å². The number of likely N-dealkylation sites (tertiary alicyclic amines) is 1. The summed E-state index contributed by atoms with van der Waals surface area (Å²) in [5.41, 5.74) is 0.445. The first kappa shape index (κ1) is 27.7. The smallest absolute Gasteiger partial charge is 0.280 e. The summed E-state index contributed by atoms with van der Waals surface area (Å²) >= 11 is 1.30. The standard InChI is InChI=1S/C26H32N4O7S2/c1-17(31)30-11-8-19(9-12-30)36-16-21-14-27-26(38-21)28-25(32)24(29-37-20-10-13-35-15-20)18-2-4-22(5-3-18)39(33,34)23-6-7-23/h2-5,14,19-20,23H,6-13,15-16H2,1H3,(H,27,28,32)/t20-/m1/s1. The Kier molecular flexibility index (Phi) is 8.60. The summed E-state index contributed by atoms with van der Waals surface area (Å²) in [7, 11) is -3.35. The van der Waals surface area contributed by atoms with Gasteiger partial charge in [0.05, 0.1) is 40.9 Å². The Morgan fingerprint density at radius 1 is 1.13 bits per heavy atom. The van der Waals surface area contributed by atoms with Gasteiger partial charge in [-0.05, 0) is 37.8 Å². The van der Waals surface area contributed by atoms with Crippen LogP contribution in [0.4, 0.5) is 5.13 Å². The van der Waals surface area contributed by atoms with Crippen molar-refractivity contribution in [2.75, 3.05) is 31.6 Å². The molecule has 11 nitrogen and oxygen atoms in total. The summed E-state index contributed by atoms with van der Waals surface area (Å²) < 4.78 is 36.5. The van der Waals surface area contributed by atoms with Crippen molar-refractivity contribution in [2.24, 2.45) is 5.16 Å². The summed E-state index contributed by atoms with van der Waals surface area (Å²) in [4.78, 5) is 37.5. The van der Waals surface area contributed by atoms with Gasteiger partial charge < -0.3 is 19.2 Å². The molecule has 0 unspecified atom stereocenters. The van der Waals surface area contributed by atoms with Crippen LogP contribution in [0.5, 0.6) is 0 Å². The second kappa shape index (κ2) is 12.1. The van der Waals surface area contributed by atoms with Crippen molar-refractivity contribution in [3.05, 3.63) is 40.9 Å². The highest BCUT2D eigenvalue weighted by molar-refractivity contribution is 7.92. The van der Waals surface area contributed by atoms with E-state index in [0.717, 1.165) is 17.7 Å². The number of carbonyl (C=O) groups excluding carboxylic acids is 2. The first-order chi connectivity index (χ1) is 18.8. The average Bonchev–Trinajstić information content (AvgIpc) is 3.51. The SMILES string of the molecule is CC(=O)N1CCC(OCc2cnc(NC(=O)C(=NO[C@@H]3CCOC3)c3ccc(S(=O)(=O)C4CC4)cc3)s2)CC1. The maximum absolute atomic E-state index is 13.3. The van der Waals surface area contributed by atoms with Crippen molar-refractivity contribution in [3.63, 3.8) is 0 Å². The molecule has 13 heteroatoms. The lowest BCUT2D eigenvalue weighted by Crippen LogP contribution is -2.39. The van der Waals surface area contributed by atoms with Gasteiger partial charge in [-0.2, -0.15) is 0 Å². The molecule has 3 heterocycles. The number of anilines is 1. The Hall–Kier alpha value is -2.87. The van der Waals surface area contributed by atoms with E-state index in [1.807, 2.05) is 4.90 Å². The van der Waals surface area contributed by atoms with E-state index in [4.69, 9.17) is 14.3 Å². The van der Waals surface area contributed by atoms with Crippen LogP contribution in [0.25, 0.3) is 0 Å². The summed E-state index contributed by atoms with van der Waals surface area (Å²) in [6.07, 6.45) is 5.07. The number of hydrogen-bond donors (Lipinski definition) is 1. The quantitative estimate of drug-likeness (QED) is 0.337. The summed E-state index contributed by atoms with van der Waals surface area (Å²) in [5.74, 6) is -0.439. The van der Waals surface area contributed by atoms with Gasteiger partial charge in [0.15, 0.2) is 26.8 Å². The Bertz CT molecular complexity index is 1310. The van der Waals surface area contributed by atoms with Gasteiger partial charge in [0.2, 0.25) is 5.91 Å². The van der Waals surface area contributed by atoms with Crippen molar-refractivity contribution < 1.29 is 32.3 Å². The zero-order valence-corrected chi connectivity index (χ0v) is 23.3. The molecule has 2 saturated heterocycles. The number of benzene rings is 1. The van der Waals surface area contributed by atoms with Gasteiger partial charge >= 0.3 is 0 Å². The minimum Gasteiger partial charge on any atom is -0.389 e. The number of rotatable bonds is 10. The summed E-state index contributed by atoms with van der Waals surface area (Å²) in [6, 6.07) is 6.15. The molecule has 1 aliphatic carbocycles. The highest BCUT2D eigenvalue weighted by Gasteiger charge is 2.37. The summed E-state index contributed by atoms with van der Waals surface area (Å²) in [5, 5.41) is 6.97. The minimum absolute atomic E-state index is 0.0162. The maximum atomic E-state index is 13.3. The first-order valence-corrected chi connectivity index (χ1v) is 15.4. The average molecular weight is 577 g/mol. The normalized spacial score (nSPS) is 20.7. The number of nitrogens with zero attached hydrogens (tertiary/aromatic N) is 3. The first-order valence-electron chi connectivity index (χ1n) is 13.1. The molecular formula is C26H32N4O7S2. The van der Waals surface area contributed by atoms with E-state index < -0.39 is 15.7 Å². The highest BCUT2D eigenvalue weighted by Crippen LogP contribution is 2.33. The molecule has 210 valence electrons. The molecular weight excluding hydrogens is 544 g/mol. The van der Waals surface area contributed by atoms with Gasteiger partial charge in [0.25, 0.3) is 5.91 Å². The van der Waals surface area contributed by atoms with Crippen LogP contribution in [0.2, 0.25) is 0 Å². The molecule has 39 heavy (non-hydrogen) atoms. The molecule has 1 saturated carbocycles. The lowest BCUT2D eigenvalue weighted by Gasteiger charge is -2.31. The van der Waals surface area contributed by atoms with E-state index in [-0.39, 0.29) is 34.0 Å². The van der Waals surface area contributed by atoms with Crippen LogP contribution in [0, 0.1) is 0 Å². The third-order valence-corrected chi connectivity index (χ3v) is 10.1. The molecule has 3 aliphatic rings. The molecule has 1 aromatic carbocycles. The van der Waals surface area contributed by atoms with E-state index in [0.29, 0.717) is 62.9 Å². The Balaban J connectivity index is 1.23. The third-order valence-electron chi connectivity index (χ3n) is 6.94. The number of nitrogens with one attached hydrogen (secondary N) is 1. The number of hydrogen-bond acceptors (Lipinski definition) is 10. The minimum atomic E-state index is -3.35. The molecule has 0 radical (unpaired) electrons. The number of piperidine rings is 1. The zero-order valence-electron chi connectivity index (χ0n) is 21.7. The molecule has 2 aliphatic heterocycles. The van der Waals surface area contributed by atoms with Gasteiger partial charge in [-0.3, -0.25) is 14.9 Å². The number of sulfone groups is 1. The molecule has 2 aromatic rings. The van der Waals surface area contributed by atoms with Crippen molar-refractivity contribution in [3.8, 4) is 0 Å². The highest BCUT2D eigenvalue weighted by atomic mass is 32.2. The van der Waals surface area contributed by atoms with Crippen molar-refractivity contribution in [2.45, 2.75) is 68.0 Å². The van der Waals surface area contributed by atoms with Crippen LogP contribution >= 0.6 is 11.3 Å². The second-order valence-electron chi connectivity index (χ2n) is 9.90. The predicted molar refractivity (Wildman–Crippen MR) is 144 cm³/mol. The molecule has 1 N–H and O–H groups in total. The fraction of sp³-hybridized carbons (Fsp3) is 0.538. The van der Waals surface area contributed by atoms with Crippen LogP contribution in [-0.2, 0) is 40.3 Å². The van der Waals surface area contributed by atoms with Crippen LogP contribution < -0.4 is 5.32 Å². The second-order valence-corrected chi connectivity index (χ2v) is 13.2. The number of aromatic nitrogens is 1. The zero-order chi connectivity index (χ0) is 27.4. The van der Waals surface area contributed by atoms with Crippen LogP contribution in [0.15, 0.2) is 40.5 Å². The number of carbonyl (C=O) groups is 2. The van der Waals surface area contributed by atoms with Crippen LogP contribution in [0.1, 0.15) is 49.5 Å². The Labute approximate surface area is 231 Å². The lowest BCUT2D eigenvalue weighted by atomic mass is 10.1. The van der Waals surface area contributed by atoms with Crippen LogP contribution in [0.3, 0.4) is 0 Å². The van der Waals surface area contributed by atoms with E-state index in [1.54, 1.807) is 25.3 Å².